The van der Waals surface area contributed by atoms with E-state index in [1.165, 1.54) is 0 Å². The van der Waals surface area contributed by atoms with E-state index in [1.54, 1.807) is 4.90 Å². The van der Waals surface area contributed by atoms with E-state index >= 15 is 0 Å². The van der Waals surface area contributed by atoms with Gasteiger partial charge in [0.1, 0.15) is 0 Å². The van der Waals surface area contributed by atoms with Crippen LogP contribution in [0.4, 0.5) is 14.5 Å². The van der Waals surface area contributed by atoms with Gasteiger partial charge in [0.2, 0.25) is 11.8 Å². The van der Waals surface area contributed by atoms with Crippen LogP contribution in [0.25, 0.3) is 0 Å². The molecule has 24 heavy (non-hydrogen) atoms. The summed E-state index contributed by atoms with van der Waals surface area (Å²) in [5.74, 6) is -3.10. The Balaban J connectivity index is 0.00000208. The predicted molar refractivity (Wildman–Crippen MR) is 88.5 cm³/mol. The van der Waals surface area contributed by atoms with Gasteiger partial charge in [-0.3, -0.25) is 14.9 Å². The van der Waals surface area contributed by atoms with Crippen LogP contribution in [0.3, 0.4) is 0 Å². The monoisotopic (exact) mass is 359 g/mol. The van der Waals surface area contributed by atoms with Crippen LogP contribution in [0.5, 0.6) is 0 Å². The molecular formula is C16H20ClF2N3O2. The molecule has 2 amide bonds. The second kappa shape index (κ2) is 7.44. The third-order valence-corrected chi connectivity index (χ3v) is 4.21. The largest absolute Gasteiger partial charge is 0.351 e. The molecule has 2 fully saturated rings. The topological polar surface area (TPSA) is 61.4 Å². The van der Waals surface area contributed by atoms with E-state index in [4.69, 9.17) is 0 Å². The summed E-state index contributed by atoms with van der Waals surface area (Å²) < 4.78 is 26.1. The molecule has 2 aliphatic heterocycles. The number of hydrogen-bond acceptors (Lipinski definition) is 3. The Labute approximate surface area is 145 Å². The number of amides is 2. The Morgan fingerprint density at radius 3 is 2.58 bits per heavy atom. The number of alkyl halides is 2. The van der Waals surface area contributed by atoms with Gasteiger partial charge in [-0.1, -0.05) is 12.1 Å². The summed E-state index contributed by atoms with van der Waals surface area (Å²) >= 11 is 0. The first kappa shape index (κ1) is 18.6. The highest BCUT2D eigenvalue weighted by atomic mass is 35.5. The lowest BCUT2D eigenvalue weighted by molar-refractivity contribution is -0.123. The highest BCUT2D eigenvalue weighted by Gasteiger charge is 2.42. The molecule has 0 aromatic heterocycles. The Morgan fingerprint density at radius 2 is 2.04 bits per heavy atom. The first-order valence-corrected chi connectivity index (χ1v) is 7.73. The normalized spacial score (nSPS) is 22.3. The molecule has 1 aromatic rings. The minimum Gasteiger partial charge on any atom is -0.351 e. The van der Waals surface area contributed by atoms with Gasteiger partial charge in [0, 0.05) is 31.6 Å². The summed E-state index contributed by atoms with van der Waals surface area (Å²) in [6.07, 6.45) is 0.987. The van der Waals surface area contributed by atoms with Crippen LogP contribution in [0.1, 0.15) is 24.8 Å². The number of carbonyl (C=O) groups is 2. The van der Waals surface area contributed by atoms with E-state index in [0.29, 0.717) is 6.42 Å². The summed E-state index contributed by atoms with van der Waals surface area (Å²) in [5, 5.41) is 5.19. The highest BCUT2D eigenvalue weighted by Crippen LogP contribution is 2.25. The van der Waals surface area contributed by atoms with Crippen molar-refractivity contribution in [3.8, 4) is 0 Å². The molecule has 0 radical (unpaired) electrons. The van der Waals surface area contributed by atoms with E-state index in [2.05, 4.69) is 10.6 Å². The zero-order valence-corrected chi connectivity index (χ0v) is 13.9. The molecule has 5 nitrogen and oxygen atoms in total. The molecule has 2 N–H and O–H groups in total. The SMILES string of the molecule is Cl.O=C(NCc1ccc(N2CCCC2=O)cc1)C1CC(F)(F)CN1. The number of nitrogens with one attached hydrogen (secondary N) is 2. The lowest BCUT2D eigenvalue weighted by atomic mass is 10.1. The van der Waals surface area contributed by atoms with Crippen LogP contribution in [-0.4, -0.2) is 36.9 Å². The molecule has 2 saturated heterocycles. The number of halogens is 3. The maximum absolute atomic E-state index is 13.1. The molecule has 2 heterocycles. The Hall–Kier alpha value is -1.73. The van der Waals surface area contributed by atoms with Gasteiger partial charge in [0.25, 0.3) is 5.92 Å². The summed E-state index contributed by atoms with van der Waals surface area (Å²) in [4.78, 5) is 25.3. The van der Waals surface area contributed by atoms with Gasteiger partial charge in [-0.15, -0.1) is 12.4 Å². The highest BCUT2D eigenvalue weighted by molar-refractivity contribution is 5.95. The summed E-state index contributed by atoms with van der Waals surface area (Å²) in [6, 6.07) is 6.50. The molecule has 0 spiro atoms. The lowest BCUT2D eigenvalue weighted by Crippen LogP contribution is -2.40. The first-order chi connectivity index (χ1) is 10.9. The third kappa shape index (κ3) is 4.21. The van der Waals surface area contributed by atoms with Gasteiger partial charge in [-0.05, 0) is 24.1 Å². The Morgan fingerprint density at radius 1 is 1.33 bits per heavy atom. The fourth-order valence-electron chi connectivity index (χ4n) is 2.93. The van der Waals surface area contributed by atoms with Crippen LogP contribution in [0.2, 0.25) is 0 Å². The lowest BCUT2D eigenvalue weighted by Gasteiger charge is -2.16. The number of anilines is 1. The number of hydrogen-bond donors (Lipinski definition) is 2. The molecule has 0 aliphatic carbocycles. The van der Waals surface area contributed by atoms with E-state index in [0.717, 1.165) is 24.2 Å². The summed E-state index contributed by atoms with van der Waals surface area (Å²) in [7, 11) is 0. The minimum absolute atomic E-state index is 0. The minimum atomic E-state index is -2.81. The van der Waals surface area contributed by atoms with Crippen molar-refractivity contribution in [2.45, 2.75) is 37.8 Å². The second-order valence-electron chi connectivity index (χ2n) is 6.03. The van der Waals surface area contributed by atoms with Crippen LogP contribution >= 0.6 is 12.4 Å². The molecule has 2 aliphatic rings. The fraction of sp³-hybridized carbons (Fsp3) is 0.500. The number of benzene rings is 1. The first-order valence-electron chi connectivity index (χ1n) is 7.73. The maximum Gasteiger partial charge on any atom is 0.262 e. The molecule has 132 valence electrons. The number of rotatable bonds is 4. The van der Waals surface area contributed by atoms with Gasteiger partial charge in [0.05, 0.1) is 12.6 Å². The van der Waals surface area contributed by atoms with Crippen LogP contribution in [0.15, 0.2) is 24.3 Å². The summed E-state index contributed by atoms with van der Waals surface area (Å²) in [6.45, 7) is 0.553. The van der Waals surface area contributed by atoms with Crippen molar-refractivity contribution >= 4 is 29.9 Å². The quantitative estimate of drug-likeness (QED) is 0.862. The second-order valence-corrected chi connectivity index (χ2v) is 6.03. The maximum atomic E-state index is 13.1. The van der Waals surface area contributed by atoms with Crippen molar-refractivity contribution < 1.29 is 18.4 Å². The van der Waals surface area contributed by atoms with Gasteiger partial charge in [-0.25, -0.2) is 8.78 Å². The van der Waals surface area contributed by atoms with E-state index in [-0.39, 0.29) is 24.9 Å². The summed E-state index contributed by atoms with van der Waals surface area (Å²) in [5.41, 5.74) is 1.71. The molecule has 1 unspecified atom stereocenters. The standard InChI is InChI=1S/C16H19F2N3O2.ClH/c17-16(18)8-13(20-10-16)15(23)19-9-11-3-5-12(6-4-11)21-7-1-2-14(21)22;/h3-6,13,20H,1-2,7-10H2,(H,19,23);1H. The average Bonchev–Trinajstić information content (AvgIpc) is 3.11. The van der Waals surface area contributed by atoms with Gasteiger partial charge in [-0.2, -0.15) is 0 Å². The molecular weight excluding hydrogens is 340 g/mol. The van der Waals surface area contributed by atoms with Crippen LogP contribution < -0.4 is 15.5 Å². The van der Waals surface area contributed by atoms with Gasteiger partial charge < -0.3 is 10.2 Å². The van der Waals surface area contributed by atoms with Gasteiger partial charge >= 0.3 is 0 Å². The molecule has 3 rings (SSSR count). The predicted octanol–water partition coefficient (Wildman–Crippen LogP) is 1.85. The van der Waals surface area contributed by atoms with E-state index in [9.17, 15) is 18.4 Å². The number of carbonyl (C=O) groups excluding carboxylic acids is 2. The van der Waals surface area contributed by atoms with Crippen molar-refractivity contribution in [2.75, 3.05) is 18.0 Å². The molecule has 1 aromatic carbocycles. The average molecular weight is 360 g/mol. The van der Waals surface area contributed by atoms with Crippen molar-refractivity contribution in [1.29, 1.82) is 0 Å². The van der Waals surface area contributed by atoms with Crippen molar-refractivity contribution in [3.05, 3.63) is 29.8 Å². The van der Waals surface area contributed by atoms with Crippen LogP contribution in [-0.2, 0) is 16.1 Å². The van der Waals surface area contributed by atoms with Crippen molar-refractivity contribution in [2.24, 2.45) is 0 Å². The molecule has 1 atom stereocenters. The third-order valence-electron chi connectivity index (χ3n) is 4.21. The zero-order chi connectivity index (χ0) is 16.4. The molecule has 8 heteroatoms. The van der Waals surface area contributed by atoms with Crippen molar-refractivity contribution in [3.63, 3.8) is 0 Å². The Kier molecular flexibility index (Phi) is 5.77. The van der Waals surface area contributed by atoms with E-state index in [1.807, 2.05) is 24.3 Å². The molecule has 0 bridgehead atoms. The fourth-order valence-corrected chi connectivity index (χ4v) is 2.93. The number of nitrogens with zero attached hydrogens (tertiary/aromatic N) is 1. The van der Waals surface area contributed by atoms with E-state index < -0.39 is 30.8 Å². The Bertz CT molecular complexity index is 610. The molecule has 0 saturated carbocycles. The smallest absolute Gasteiger partial charge is 0.262 e. The van der Waals surface area contributed by atoms with Crippen LogP contribution in [0, 0.1) is 0 Å². The van der Waals surface area contributed by atoms with Crippen molar-refractivity contribution in [1.82, 2.24) is 10.6 Å². The zero-order valence-electron chi connectivity index (χ0n) is 13.1. The van der Waals surface area contributed by atoms with Gasteiger partial charge in [0.15, 0.2) is 0 Å².